The van der Waals surface area contributed by atoms with E-state index in [0.29, 0.717) is 6.61 Å². The molecule has 1 amide bonds. The number of carbonyl (C=O) groups is 1. The molecule has 0 spiro atoms. The van der Waals surface area contributed by atoms with Crippen molar-refractivity contribution in [3.63, 3.8) is 0 Å². The molecule has 0 aromatic carbocycles. The smallest absolute Gasteiger partial charge is 0.404 e. The average molecular weight is 215 g/mol. The highest BCUT2D eigenvalue weighted by Gasteiger charge is 2.07. The molecule has 5 heteroatoms. The summed E-state index contributed by atoms with van der Waals surface area (Å²) in [5.74, 6) is 0. The number of unbranched alkanes of at least 4 members (excludes halogenated alkanes) is 2. The predicted molar refractivity (Wildman–Crippen MR) is 58.7 cm³/mol. The van der Waals surface area contributed by atoms with E-state index < -0.39 is 6.09 Å². The molecule has 15 heavy (non-hydrogen) atoms. The average Bonchev–Trinajstić information content (AvgIpc) is 2.24. The van der Waals surface area contributed by atoms with Crippen molar-refractivity contribution in [1.82, 2.24) is 10.2 Å². The van der Waals surface area contributed by atoms with Gasteiger partial charge in [-0.1, -0.05) is 0 Å². The van der Waals surface area contributed by atoms with Crippen LogP contribution in [-0.4, -0.2) is 50.3 Å². The summed E-state index contributed by atoms with van der Waals surface area (Å²) >= 11 is 0. The van der Waals surface area contributed by atoms with Gasteiger partial charge in [-0.25, -0.2) is 4.79 Å². The Balaban J connectivity index is 1.85. The van der Waals surface area contributed by atoms with E-state index in [1.54, 1.807) is 0 Å². The highest BCUT2D eigenvalue weighted by atomic mass is 16.5. The van der Waals surface area contributed by atoms with Gasteiger partial charge in [0, 0.05) is 26.2 Å². The Kier molecular flexibility index (Phi) is 6.11. The number of nitrogens with one attached hydrogen (secondary N) is 1. The highest BCUT2D eigenvalue weighted by molar-refractivity contribution is 5.64. The molecule has 0 radical (unpaired) electrons. The first-order chi connectivity index (χ1) is 7.29. The van der Waals surface area contributed by atoms with Gasteiger partial charge < -0.3 is 20.7 Å². The normalized spacial score (nSPS) is 17.6. The van der Waals surface area contributed by atoms with Gasteiger partial charge in [-0.2, -0.15) is 0 Å². The zero-order chi connectivity index (χ0) is 10.9. The summed E-state index contributed by atoms with van der Waals surface area (Å²) in [6.45, 7) is 6.11. The third kappa shape index (κ3) is 6.30. The minimum atomic E-state index is -0.669. The van der Waals surface area contributed by atoms with Crippen molar-refractivity contribution in [3.8, 4) is 0 Å². The highest BCUT2D eigenvalue weighted by Crippen LogP contribution is 2.00. The molecule has 1 aliphatic rings. The van der Waals surface area contributed by atoms with Gasteiger partial charge in [0.25, 0.3) is 0 Å². The molecule has 0 atom stereocenters. The largest absolute Gasteiger partial charge is 0.450 e. The van der Waals surface area contributed by atoms with Gasteiger partial charge in [-0.05, 0) is 25.8 Å². The summed E-state index contributed by atoms with van der Waals surface area (Å²) in [5, 5.41) is 3.32. The van der Waals surface area contributed by atoms with Crippen LogP contribution in [0.5, 0.6) is 0 Å². The van der Waals surface area contributed by atoms with Crippen molar-refractivity contribution < 1.29 is 9.53 Å². The van der Waals surface area contributed by atoms with E-state index in [-0.39, 0.29) is 0 Å². The molecule has 1 fully saturated rings. The molecule has 1 saturated heterocycles. The van der Waals surface area contributed by atoms with Crippen LogP contribution in [0.3, 0.4) is 0 Å². The van der Waals surface area contributed by atoms with Gasteiger partial charge in [0.15, 0.2) is 0 Å². The Morgan fingerprint density at radius 2 is 2.00 bits per heavy atom. The lowest BCUT2D eigenvalue weighted by Crippen LogP contribution is -2.43. The maximum absolute atomic E-state index is 10.3. The fourth-order valence-electron chi connectivity index (χ4n) is 1.72. The van der Waals surface area contributed by atoms with Crippen LogP contribution >= 0.6 is 0 Å². The molecule has 0 aromatic rings. The van der Waals surface area contributed by atoms with Crippen molar-refractivity contribution in [2.45, 2.75) is 19.3 Å². The molecule has 0 bridgehead atoms. The van der Waals surface area contributed by atoms with E-state index in [1.165, 1.54) is 6.42 Å². The van der Waals surface area contributed by atoms with Gasteiger partial charge in [0.05, 0.1) is 6.61 Å². The number of hydrogen-bond donors (Lipinski definition) is 2. The fraction of sp³-hybridized carbons (Fsp3) is 0.900. The number of piperazine rings is 1. The quantitative estimate of drug-likeness (QED) is 0.619. The summed E-state index contributed by atoms with van der Waals surface area (Å²) in [5.41, 5.74) is 4.85. The summed E-state index contributed by atoms with van der Waals surface area (Å²) in [7, 11) is 0. The number of rotatable bonds is 6. The predicted octanol–water partition coefficient (Wildman–Crippen LogP) is 0.157. The minimum absolute atomic E-state index is 0.455. The molecular formula is C10H21N3O2. The van der Waals surface area contributed by atoms with E-state index in [1.807, 2.05) is 0 Å². The molecule has 1 heterocycles. The second kappa shape index (κ2) is 7.48. The second-order valence-corrected chi connectivity index (χ2v) is 3.82. The van der Waals surface area contributed by atoms with Crippen molar-refractivity contribution in [2.75, 3.05) is 39.3 Å². The van der Waals surface area contributed by atoms with Crippen molar-refractivity contribution in [3.05, 3.63) is 0 Å². The van der Waals surface area contributed by atoms with Crippen LogP contribution in [0.2, 0.25) is 0 Å². The van der Waals surface area contributed by atoms with Crippen LogP contribution in [0.25, 0.3) is 0 Å². The molecule has 1 aliphatic heterocycles. The number of hydrogen-bond acceptors (Lipinski definition) is 4. The number of nitrogens with two attached hydrogens (primary N) is 1. The summed E-state index contributed by atoms with van der Waals surface area (Å²) < 4.78 is 4.65. The number of nitrogens with zero attached hydrogens (tertiary/aromatic N) is 1. The first-order valence-electron chi connectivity index (χ1n) is 5.64. The maximum Gasteiger partial charge on any atom is 0.404 e. The standard InChI is InChI=1S/C10H21N3O2/c11-10(14)15-9-3-1-2-6-13-7-4-12-5-8-13/h12H,1-9H2,(H2,11,14). The van der Waals surface area contributed by atoms with E-state index in [2.05, 4.69) is 15.0 Å². The topological polar surface area (TPSA) is 67.6 Å². The van der Waals surface area contributed by atoms with Gasteiger partial charge >= 0.3 is 6.09 Å². The third-order valence-electron chi connectivity index (χ3n) is 2.57. The van der Waals surface area contributed by atoms with Crippen LogP contribution in [0.15, 0.2) is 0 Å². The first kappa shape index (κ1) is 12.3. The number of ether oxygens (including phenoxy) is 1. The summed E-state index contributed by atoms with van der Waals surface area (Å²) in [6.07, 6.45) is 2.51. The second-order valence-electron chi connectivity index (χ2n) is 3.82. The molecule has 1 rings (SSSR count). The van der Waals surface area contributed by atoms with Gasteiger partial charge in [0.2, 0.25) is 0 Å². The lowest BCUT2D eigenvalue weighted by atomic mass is 10.2. The zero-order valence-electron chi connectivity index (χ0n) is 9.21. The van der Waals surface area contributed by atoms with Crippen molar-refractivity contribution in [2.24, 2.45) is 5.73 Å². The monoisotopic (exact) mass is 215 g/mol. The zero-order valence-corrected chi connectivity index (χ0v) is 9.21. The van der Waals surface area contributed by atoms with Crippen molar-refractivity contribution >= 4 is 6.09 Å². The Labute approximate surface area is 90.9 Å². The Morgan fingerprint density at radius 1 is 1.27 bits per heavy atom. The number of primary amides is 1. The summed E-state index contributed by atoms with van der Waals surface area (Å²) in [6, 6.07) is 0. The van der Waals surface area contributed by atoms with Crippen LogP contribution in [0.4, 0.5) is 4.79 Å². The maximum atomic E-state index is 10.3. The Hall–Kier alpha value is -0.810. The van der Waals surface area contributed by atoms with E-state index in [4.69, 9.17) is 5.73 Å². The molecule has 5 nitrogen and oxygen atoms in total. The first-order valence-corrected chi connectivity index (χ1v) is 5.64. The minimum Gasteiger partial charge on any atom is -0.450 e. The Bertz CT molecular complexity index is 182. The molecule has 0 aromatic heterocycles. The third-order valence-corrected chi connectivity index (χ3v) is 2.57. The van der Waals surface area contributed by atoms with Gasteiger partial charge in [-0.3, -0.25) is 0 Å². The molecule has 3 N–H and O–H groups in total. The molecule has 0 aliphatic carbocycles. The van der Waals surface area contributed by atoms with Crippen molar-refractivity contribution in [1.29, 1.82) is 0 Å². The molecule has 0 saturated carbocycles. The lowest BCUT2D eigenvalue weighted by molar-refractivity contribution is 0.153. The molecular weight excluding hydrogens is 194 g/mol. The lowest BCUT2D eigenvalue weighted by Gasteiger charge is -2.26. The number of amides is 1. The van der Waals surface area contributed by atoms with E-state index >= 15 is 0 Å². The summed E-state index contributed by atoms with van der Waals surface area (Å²) in [4.78, 5) is 12.7. The molecule has 0 unspecified atom stereocenters. The van der Waals surface area contributed by atoms with Crippen LogP contribution < -0.4 is 11.1 Å². The fourth-order valence-corrected chi connectivity index (χ4v) is 1.72. The number of carbonyl (C=O) groups excluding carboxylic acids is 1. The van der Waals surface area contributed by atoms with Gasteiger partial charge in [-0.15, -0.1) is 0 Å². The van der Waals surface area contributed by atoms with Crippen LogP contribution in [0, 0.1) is 0 Å². The SMILES string of the molecule is NC(=O)OCCCCCN1CCNCC1. The van der Waals surface area contributed by atoms with Crippen LogP contribution in [0.1, 0.15) is 19.3 Å². The van der Waals surface area contributed by atoms with E-state index in [0.717, 1.165) is 45.6 Å². The van der Waals surface area contributed by atoms with E-state index in [9.17, 15) is 4.79 Å². The molecule has 88 valence electrons. The van der Waals surface area contributed by atoms with Crippen LogP contribution in [-0.2, 0) is 4.74 Å². The Morgan fingerprint density at radius 3 is 2.67 bits per heavy atom. The van der Waals surface area contributed by atoms with Gasteiger partial charge in [0.1, 0.15) is 0 Å².